The van der Waals surface area contributed by atoms with Gasteiger partial charge in [-0.2, -0.15) is 0 Å². The average Bonchev–Trinajstić information content (AvgIpc) is 2.99. The second-order valence-electron chi connectivity index (χ2n) is 7.71. The lowest BCUT2D eigenvalue weighted by molar-refractivity contribution is 0.0188. The first kappa shape index (κ1) is 16.9. The number of benzene rings is 1. The number of nitrogens with one attached hydrogen (secondary N) is 1. The molecule has 5 nitrogen and oxygen atoms in total. The van der Waals surface area contributed by atoms with Crippen LogP contribution in [-0.4, -0.2) is 42.8 Å². The van der Waals surface area contributed by atoms with Crippen molar-refractivity contribution in [2.45, 2.75) is 45.6 Å². The molecular formula is C19H28N2O3. The number of rotatable bonds is 3. The normalized spacial score (nSPS) is 18.0. The number of carbonyl (C=O) groups is 1. The van der Waals surface area contributed by atoms with Gasteiger partial charge in [-0.1, -0.05) is 0 Å². The van der Waals surface area contributed by atoms with Crippen molar-refractivity contribution in [3.05, 3.63) is 23.8 Å². The maximum atomic E-state index is 12.1. The molecular weight excluding hydrogens is 304 g/mol. The lowest BCUT2D eigenvalue weighted by atomic mass is 9.97. The second-order valence-corrected chi connectivity index (χ2v) is 7.71. The number of hydrogen-bond donors (Lipinski definition) is 1. The molecule has 0 bridgehead atoms. The Kier molecular flexibility index (Phi) is 4.88. The number of anilines is 1. The smallest absolute Gasteiger partial charge is 0.410 e. The third-order valence-corrected chi connectivity index (χ3v) is 4.55. The molecule has 2 heterocycles. The minimum atomic E-state index is -0.424. The molecule has 1 aromatic carbocycles. The first-order valence-electron chi connectivity index (χ1n) is 8.88. The number of fused-ring (bicyclic) bond motifs is 1. The van der Waals surface area contributed by atoms with Crippen LogP contribution in [0.5, 0.6) is 5.75 Å². The van der Waals surface area contributed by atoms with Crippen molar-refractivity contribution in [3.8, 4) is 5.75 Å². The highest BCUT2D eigenvalue weighted by atomic mass is 16.6. The van der Waals surface area contributed by atoms with Gasteiger partial charge in [-0.15, -0.1) is 0 Å². The molecule has 1 N–H and O–H groups in total. The molecule has 132 valence electrons. The van der Waals surface area contributed by atoms with Gasteiger partial charge in [0.15, 0.2) is 0 Å². The molecule has 1 aromatic rings. The third-order valence-electron chi connectivity index (χ3n) is 4.55. The summed E-state index contributed by atoms with van der Waals surface area (Å²) in [5, 5.41) is 3.54. The zero-order chi connectivity index (χ0) is 17.2. The highest BCUT2D eigenvalue weighted by molar-refractivity contribution is 5.68. The Balaban J connectivity index is 1.43. The van der Waals surface area contributed by atoms with E-state index in [0.29, 0.717) is 5.92 Å². The summed E-state index contributed by atoms with van der Waals surface area (Å²) < 4.78 is 11.0. The second kappa shape index (κ2) is 6.91. The molecule has 1 amide bonds. The number of ether oxygens (including phenoxy) is 2. The topological polar surface area (TPSA) is 50.8 Å². The highest BCUT2D eigenvalue weighted by Crippen LogP contribution is 2.28. The molecule has 2 aliphatic heterocycles. The van der Waals surface area contributed by atoms with E-state index in [-0.39, 0.29) is 6.09 Å². The summed E-state index contributed by atoms with van der Waals surface area (Å²) in [7, 11) is 0. The largest absolute Gasteiger partial charge is 0.493 e. The van der Waals surface area contributed by atoms with Gasteiger partial charge < -0.3 is 19.7 Å². The number of hydrogen-bond acceptors (Lipinski definition) is 4. The fraction of sp³-hybridized carbons (Fsp3) is 0.632. The predicted octanol–water partition coefficient (Wildman–Crippen LogP) is 3.68. The summed E-state index contributed by atoms with van der Waals surface area (Å²) in [6, 6.07) is 6.33. The molecule has 3 rings (SSSR count). The lowest BCUT2D eigenvalue weighted by Crippen LogP contribution is -2.42. The van der Waals surface area contributed by atoms with E-state index in [0.717, 1.165) is 56.9 Å². The average molecular weight is 332 g/mol. The van der Waals surface area contributed by atoms with Crippen LogP contribution in [0, 0.1) is 5.92 Å². The lowest BCUT2D eigenvalue weighted by Gasteiger charge is -2.33. The Morgan fingerprint density at radius 2 is 2.08 bits per heavy atom. The number of amides is 1. The van der Waals surface area contributed by atoms with E-state index in [2.05, 4.69) is 23.5 Å². The summed E-state index contributed by atoms with van der Waals surface area (Å²) in [4.78, 5) is 13.9. The van der Waals surface area contributed by atoms with Gasteiger partial charge in [0.05, 0.1) is 6.61 Å². The third kappa shape index (κ3) is 4.34. The van der Waals surface area contributed by atoms with E-state index >= 15 is 0 Å². The number of nitrogens with zero attached hydrogens (tertiary/aromatic N) is 1. The first-order valence-corrected chi connectivity index (χ1v) is 8.88. The van der Waals surface area contributed by atoms with Gasteiger partial charge in [-0.05, 0) is 63.3 Å². The number of likely N-dealkylation sites (tertiary alicyclic amines) is 1. The molecule has 1 saturated heterocycles. The van der Waals surface area contributed by atoms with Gasteiger partial charge in [0.25, 0.3) is 0 Å². The standard InChI is InChI=1S/C19H28N2O3/c1-19(2,3)24-18(22)21-9-6-14(7-10-21)13-20-16-4-5-17-15(12-16)8-11-23-17/h4-5,12,14,20H,6-11,13H2,1-3H3. The molecule has 0 atom stereocenters. The van der Waals surface area contributed by atoms with E-state index in [1.165, 1.54) is 5.56 Å². The van der Waals surface area contributed by atoms with Crippen LogP contribution in [0.25, 0.3) is 0 Å². The van der Waals surface area contributed by atoms with Crippen molar-refractivity contribution in [2.24, 2.45) is 5.92 Å². The Bertz CT molecular complexity index is 587. The Morgan fingerprint density at radius 3 is 2.79 bits per heavy atom. The number of piperidine rings is 1. The van der Waals surface area contributed by atoms with Crippen molar-refractivity contribution < 1.29 is 14.3 Å². The van der Waals surface area contributed by atoms with E-state index in [9.17, 15) is 4.79 Å². The van der Waals surface area contributed by atoms with Crippen LogP contribution < -0.4 is 10.1 Å². The van der Waals surface area contributed by atoms with E-state index in [4.69, 9.17) is 9.47 Å². The van der Waals surface area contributed by atoms with Crippen LogP contribution in [0.15, 0.2) is 18.2 Å². The molecule has 0 unspecified atom stereocenters. The molecule has 0 saturated carbocycles. The molecule has 0 aliphatic carbocycles. The minimum Gasteiger partial charge on any atom is -0.493 e. The molecule has 0 spiro atoms. The molecule has 24 heavy (non-hydrogen) atoms. The summed E-state index contributed by atoms with van der Waals surface area (Å²) in [5.74, 6) is 1.61. The van der Waals surface area contributed by atoms with Crippen LogP contribution in [0.2, 0.25) is 0 Å². The van der Waals surface area contributed by atoms with Crippen LogP contribution >= 0.6 is 0 Å². The van der Waals surface area contributed by atoms with Crippen LogP contribution in [0.1, 0.15) is 39.2 Å². The molecule has 0 radical (unpaired) electrons. The molecule has 2 aliphatic rings. The SMILES string of the molecule is CC(C)(C)OC(=O)N1CCC(CNc2ccc3c(c2)CCO3)CC1. The van der Waals surface area contributed by atoms with Crippen molar-refractivity contribution in [2.75, 3.05) is 31.6 Å². The Labute approximate surface area is 144 Å². The predicted molar refractivity (Wildman–Crippen MR) is 94.7 cm³/mol. The molecule has 0 aromatic heterocycles. The minimum absolute atomic E-state index is 0.187. The highest BCUT2D eigenvalue weighted by Gasteiger charge is 2.26. The van der Waals surface area contributed by atoms with Gasteiger partial charge >= 0.3 is 6.09 Å². The van der Waals surface area contributed by atoms with E-state index < -0.39 is 5.60 Å². The van der Waals surface area contributed by atoms with Crippen molar-refractivity contribution in [3.63, 3.8) is 0 Å². The summed E-state index contributed by atoms with van der Waals surface area (Å²) >= 11 is 0. The number of carbonyl (C=O) groups excluding carboxylic acids is 1. The quantitative estimate of drug-likeness (QED) is 0.917. The first-order chi connectivity index (χ1) is 11.4. The zero-order valence-electron chi connectivity index (χ0n) is 14.9. The van der Waals surface area contributed by atoms with Crippen molar-refractivity contribution >= 4 is 11.8 Å². The molecule has 1 fully saturated rings. The maximum absolute atomic E-state index is 12.1. The monoisotopic (exact) mass is 332 g/mol. The van der Waals surface area contributed by atoms with Gasteiger partial charge in [-0.25, -0.2) is 4.79 Å². The van der Waals surface area contributed by atoms with Crippen LogP contribution in [0.4, 0.5) is 10.5 Å². The summed E-state index contributed by atoms with van der Waals surface area (Å²) in [5.41, 5.74) is 2.03. The summed E-state index contributed by atoms with van der Waals surface area (Å²) in [6.07, 6.45) is 2.84. The zero-order valence-corrected chi connectivity index (χ0v) is 14.9. The summed E-state index contributed by atoms with van der Waals surface area (Å²) in [6.45, 7) is 9.01. The Hall–Kier alpha value is -1.91. The van der Waals surface area contributed by atoms with Crippen LogP contribution in [-0.2, 0) is 11.2 Å². The van der Waals surface area contributed by atoms with E-state index in [1.54, 1.807) is 0 Å². The fourth-order valence-electron chi connectivity index (χ4n) is 3.20. The van der Waals surface area contributed by atoms with E-state index in [1.807, 2.05) is 25.7 Å². The fourth-order valence-corrected chi connectivity index (χ4v) is 3.20. The van der Waals surface area contributed by atoms with Gasteiger partial charge in [0.2, 0.25) is 0 Å². The van der Waals surface area contributed by atoms with Crippen molar-refractivity contribution in [1.29, 1.82) is 0 Å². The van der Waals surface area contributed by atoms with Gasteiger partial charge in [-0.3, -0.25) is 0 Å². The van der Waals surface area contributed by atoms with Crippen LogP contribution in [0.3, 0.4) is 0 Å². The molecule has 5 heteroatoms. The maximum Gasteiger partial charge on any atom is 0.410 e. The van der Waals surface area contributed by atoms with Gasteiger partial charge in [0.1, 0.15) is 11.4 Å². The van der Waals surface area contributed by atoms with Crippen molar-refractivity contribution in [1.82, 2.24) is 4.90 Å². The van der Waals surface area contributed by atoms with Gasteiger partial charge in [0, 0.05) is 31.7 Å². The Morgan fingerprint density at radius 1 is 1.33 bits per heavy atom.